The van der Waals surface area contributed by atoms with Crippen molar-refractivity contribution < 1.29 is 19.4 Å². The van der Waals surface area contributed by atoms with Gasteiger partial charge < -0.3 is 14.7 Å². The number of piperazine rings is 1. The van der Waals surface area contributed by atoms with Crippen LogP contribution in [0.25, 0.3) is 0 Å². The molecule has 1 amide bonds. The van der Waals surface area contributed by atoms with Crippen molar-refractivity contribution in [1.82, 2.24) is 9.80 Å². The molecule has 0 radical (unpaired) electrons. The molecular weight excluding hydrogens is 260 g/mol. The lowest BCUT2D eigenvalue weighted by Gasteiger charge is -2.38. The summed E-state index contributed by atoms with van der Waals surface area (Å²) in [6.07, 6.45) is 1.16. The third-order valence-corrected chi connectivity index (χ3v) is 3.25. The topological polar surface area (TPSA) is 70.1 Å². The quantitative estimate of drug-likeness (QED) is 0.853. The first-order valence-corrected chi connectivity index (χ1v) is 7.19. The van der Waals surface area contributed by atoms with Crippen LogP contribution in [0, 0.1) is 0 Å². The molecule has 1 saturated heterocycles. The second-order valence-corrected chi connectivity index (χ2v) is 6.15. The Morgan fingerprint density at radius 3 is 2.15 bits per heavy atom. The number of ether oxygens (including phenoxy) is 1. The summed E-state index contributed by atoms with van der Waals surface area (Å²) < 4.78 is 5.32. The van der Waals surface area contributed by atoms with Gasteiger partial charge in [0.1, 0.15) is 11.6 Å². The van der Waals surface area contributed by atoms with Crippen molar-refractivity contribution in [3.63, 3.8) is 0 Å². The second kappa shape index (κ2) is 6.92. The Morgan fingerprint density at radius 2 is 1.75 bits per heavy atom. The molecule has 1 N–H and O–H groups in total. The number of hydrogen-bond donors (Lipinski definition) is 1. The van der Waals surface area contributed by atoms with E-state index in [2.05, 4.69) is 0 Å². The Bertz CT molecular complexity index is 344. The zero-order chi connectivity index (χ0) is 15.3. The van der Waals surface area contributed by atoms with Gasteiger partial charge in [-0.3, -0.25) is 9.69 Å². The van der Waals surface area contributed by atoms with Crippen molar-refractivity contribution in [3.05, 3.63) is 0 Å². The van der Waals surface area contributed by atoms with Gasteiger partial charge in [-0.2, -0.15) is 0 Å². The number of carbonyl (C=O) groups is 2. The van der Waals surface area contributed by atoms with Gasteiger partial charge in [-0.1, -0.05) is 13.3 Å². The lowest BCUT2D eigenvalue weighted by Crippen LogP contribution is -2.54. The largest absolute Gasteiger partial charge is 0.480 e. The molecule has 20 heavy (non-hydrogen) atoms. The van der Waals surface area contributed by atoms with Crippen LogP contribution >= 0.6 is 0 Å². The molecule has 6 heteroatoms. The van der Waals surface area contributed by atoms with Gasteiger partial charge in [0.15, 0.2) is 0 Å². The average Bonchev–Trinajstić information content (AvgIpc) is 2.33. The Balaban J connectivity index is 2.50. The highest BCUT2D eigenvalue weighted by Gasteiger charge is 2.31. The van der Waals surface area contributed by atoms with E-state index >= 15 is 0 Å². The predicted octanol–water partition coefficient (Wildman–Crippen LogP) is 1.79. The van der Waals surface area contributed by atoms with Crippen LogP contribution in [0.2, 0.25) is 0 Å². The number of nitrogens with zero attached hydrogens (tertiary/aromatic N) is 2. The molecule has 0 spiro atoms. The zero-order valence-electron chi connectivity index (χ0n) is 12.9. The minimum absolute atomic E-state index is 0.320. The van der Waals surface area contributed by atoms with Crippen LogP contribution < -0.4 is 0 Å². The molecule has 0 saturated carbocycles. The fourth-order valence-corrected chi connectivity index (χ4v) is 2.28. The highest BCUT2D eigenvalue weighted by atomic mass is 16.6. The summed E-state index contributed by atoms with van der Waals surface area (Å²) in [5.41, 5.74) is -0.500. The monoisotopic (exact) mass is 286 g/mol. The van der Waals surface area contributed by atoms with Gasteiger partial charge in [0, 0.05) is 26.2 Å². The van der Waals surface area contributed by atoms with Crippen LogP contribution in [-0.2, 0) is 9.53 Å². The van der Waals surface area contributed by atoms with Gasteiger partial charge in [0.05, 0.1) is 0 Å². The molecule has 6 nitrogen and oxygen atoms in total. The minimum Gasteiger partial charge on any atom is -0.480 e. The molecule has 0 aromatic rings. The lowest BCUT2D eigenvalue weighted by atomic mass is 10.1. The normalized spacial score (nSPS) is 18.7. The van der Waals surface area contributed by atoms with Crippen molar-refractivity contribution in [2.45, 2.75) is 52.2 Å². The number of carbonyl (C=O) groups excluding carboxylic acids is 1. The Morgan fingerprint density at radius 1 is 1.20 bits per heavy atom. The van der Waals surface area contributed by atoms with Crippen LogP contribution in [0.3, 0.4) is 0 Å². The Labute approximate surface area is 120 Å². The highest BCUT2D eigenvalue weighted by molar-refractivity contribution is 5.73. The predicted molar refractivity (Wildman–Crippen MR) is 75.7 cm³/mol. The molecule has 1 atom stereocenters. The van der Waals surface area contributed by atoms with Gasteiger partial charge in [0.2, 0.25) is 0 Å². The maximum Gasteiger partial charge on any atom is 0.410 e. The highest BCUT2D eigenvalue weighted by Crippen LogP contribution is 2.15. The van der Waals surface area contributed by atoms with Crippen molar-refractivity contribution in [1.29, 1.82) is 0 Å². The number of carboxylic acids is 1. The van der Waals surface area contributed by atoms with E-state index in [1.165, 1.54) is 0 Å². The Hall–Kier alpha value is -1.30. The number of hydrogen-bond acceptors (Lipinski definition) is 4. The number of carboxylic acid groups (broad SMARTS) is 1. The summed E-state index contributed by atoms with van der Waals surface area (Å²) in [5.74, 6) is -0.780. The zero-order valence-corrected chi connectivity index (χ0v) is 12.9. The van der Waals surface area contributed by atoms with Gasteiger partial charge >= 0.3 is 12.1 Å². The van der Waals surface area contributed by atoms with Gasteiger partial charge in [0.25, 0.3) is 0 Å². The van der Waals surface area contributed by atoms with E-state index in [4.69, 9.17) is 4.74 Å². The van der Waals surface area contributed by atoms with Crippen molar-refractivity contribution >= 4 is 12.1 Å². The first-order chi connectivity index (χ1) is 9.24. The number of aliphatic carboxylic acids is 1. The molecule has 1 rings (SSSR count). The first kappa shape index (κ1) is 16.8. The van der Waals surface area contributed by atoms with Crippen molar-refractivity contribution in [2.24, 2.45) is 0 Å². The summed E-state index contributed by atoms with van der Waals surface area (Å²) in [4.78, 5) is 26.7. The van der Waals surface area contributed by atoms with Gasteiger partial charge in [-0.25, -0.2) is 4.79 Å². The summed E-state index contributed by atoms with van der Waals surface area (Å²) in [7, 11) is 0. The third kappa shape index (κ3) is 5.00. The summed E-state index contributed by atoms with van der Waals surface area (Å²) in [6, 6.07) is -0.444. The van der Waals surface area contributed by atoms with E-state index in [0.29, 0.717) is 32.6 Å². The molecular formula is C14H26N2O4. The smallest absolute Gasteiger partial charge is 0.410 e. The van der Waals surface area contributed by atoms with Crippen LogP contribution in [0.5, 0.6) is 0 Å². The van der Waals surface area contributed by atoms with E-state index in [1.807, 2.05) is 32.6 Å². The van der Waals surface area contributed by atoms with Gasteiger partial charge in [-0.15, -0.1) is 0 Å². The fraction of sp³-hybridized carbons (Fsp3) is 0.857. The second-order valence-electron chi connectivity index (χ2n) is 6.15. The third-order valence-electron chi connectivity index (χ3n) is 3.25. The lowest BCUT2D eigenvalue weighted by molar-refractivity contribution is -0.144. The molecule has 0 aromatic heterocycles. The van der Waals surface area contributed by atoms with E-state index in [1.54, 1.807) is 4.90 Å². The van der Waals surface area contributed by atoms with Crippen LogP contribution in [0.1, 0.15) is 40.5 Å². The number of rotatable bonds is 4. The van der Waals surface area contributed by atoms with E-state index < -0.39 is 17.6 Å². The molecule has 1 heterocycles. The van der Waals surface area contributed by atoms with Crippen LogP contribution in [0.4, 0.5) is 4.79 Å². The number of amides is 1. The van der Waals surface area contributed by atoms with E-state index in [-0.39, 0.29) is 6.09 Å². The maximum absolute atomic E-state index is 11.9. The van der Waals surface area contributed by atoms with Crippen molar-refractivity contribution in [2.75, 3.05) is 26.2 Å². The first-order valence-electron chi connectivity index (χ1n) is 7.19. The van der Waals surface area contributed by atoms with Gasteiger partial charge in [-0.05, 0) is 27.2 Å². The SMILES string of the molecule is CCCC(C(=O)O)N1CCN(C(=O)OC(C)(C)C)CC1. The standard InChI is InChI=1S/C14H26N2O4/c1-5-6-11(12(17)18)15-7-9-16(10-8-15)13(19)20-14(2,3)4/h11H,5-10H2,1-4H3,(H,17,18). The summed E-state index contributed by atoms with van der Waals surface area (Å²) in [5, 5.41) is 9.24. The van der Waals surface area contributed by atoms with Crippen molar-refractivity contribution in [3.8, 4) is 0 Å². The summed E-state index contributed by atoms with van der Waals surface area (Å²) >= 11 is 0. The fourth-order valence-electron chi connectivity index (χ4n) is 2.28. The molecule has 0 bridgehead atoms. The molecule has 0 aliphatic carbocycles. The Kier molecular flexibility index (Phi) is 5.80. The molecule has 1 aliphatic heterocycles. The van der Waals surface area contributed by atoms with E-state index in [9.17, 15) is 14.7 Å². The average molecular weight is 286 g/mol. The molecule has 1 fully saturated rings. The summed E-state index contributed by atoms with van der Waals surface area (Å²) in [6.45, 7) is 9.68. The molecule has 1 aliphatic rings. The van der Waals surface area contributed by atoms with Crippen LogP contribution in [-0.4, -0.2) is 64.8 Å². The molecule has 0 aromatic carbocycles. The molecule has 116 valence electrons. The minimum atomic E-state index is -0.780. The van der Waals surface area contributed by atoms with E-state index in [0.717, 1.165) is 6.42 Å². The van der Waals surface area contributed by atoms with Crippen LogP contribution in [0.15, 0.2) is 0 Å². The molecule has 1 unspecified atom stereocenters. The maximum atomic E-state index is 11.9.